The predicted molar refractivity (Wildman–Crippen MR) is 275 cm³/mol. The molecule has 22 nitrogen and oxygen atoms in total. The van der Waals surface area contributed by atoms with Crippen LogP contribution in [-0.4, -0.2) is 129 Å². The number of hydrogen-bond donors (Lipinski definition) is 11. The second kappa shape index (κ2) is 29.8. The number of aliphatic carboxylic acids is 1. The van der Waals surface area contributed by atoms with Crippen molar-refractivity contribution in [2.24, 2.45) is 11.7 Å². The molecule has 0 spiro atoms. The number of para-hydroxylation sites is 1. The van der Waals surface area contributed by atoms with Crippen LogP contribution in [0.4, 0.5) is 4.79 Å². The molecular weight excluding hydrogens is 993 g/mol. The summed E-state index contributed by atoms with van der Waals surface area (Å²) in [4.78, 5) is 133. The number of alkyl carbamates (subject to hydrolysis) is 1. The number of benzene rings is 2. The number of nitrogens with two attached hydrogens (primary N) is 1. The van der Waals surface area contributed by atoms with E-state index in [4.69, 9.17) is 15.6 Å². The van der Waals surface area contributed by atoms with Gasteiger partial charge >= 0.3 is 12.1 Å². The molecule has 394 valence electrons. The molecule has 2 aromatic carbocycles. The lowest BCUT2D eigenvalue weighted by Gasteiger charge is -2.26. The number of ether oxygens (including phenoxy) is 1. The van der Waals surface area contributed by atoms with Crippen LogP contribution in [0.1, 0.15) is 78.9 Å². The monoisotopic (exact) mass is 1060 g/mol. The molecule has 72 heavy (non-hydrogen) atoms. The van der Waals surface area contributed by atoms with Crippen LogP contribution in [0.3, 0.4) is 0 Å². The van der Waals surface area contributed by atoms with Crippen LogP contribution < -0.4 is 48.3 Å². The maximum absolute atomic E-state index is 14.2. The molecule has 0 unspecified atom stereocenters. The maximum Gasteiger partial charge on any atom is 0.408 e. The van der Waals surface area contributed by atoms with Gasteiger partial charge in [0.2, 0.25) is 47.3 Å². The summed E-state index contributed by atoms with van der Waals surface area (Å²) in [5, 5.41) is 29.9. The summed E-state index contributed by atoms with van der Waals surface area (Å²) >= 11 is 0. The Bertz CT molecular complexity index is 2370. The number of H-pyrrole nitrogens is 1. The van der Waals surface area contributed by atoms with Gasteiger partial charge in [-0.1, -0.05) is 105 Å². The zero-order valence-electron chi connectivity index (χ0n) is 41.2. The number of primary amides is 1. The minimum absolute atomic E-state index is 0.0433. The summed E-state index contributed by atoms with van der Waals surface area (Å²) in [6.45, 7) is 10.9. The van der Waals surface area contributed by atoms with E-state index in [1.54, 1.807) is 56.4 Å². The number of aromatic amines is 1. The number of hydrogen-bond acceptors (Lipinski definition) is 14. The van der Waals surface area contributed by atoms with E-state index in [9.17, 15) is 47.9 Å². The summed E-state index contributed by atoms with van der Waals surface area (Å²) < 4.78 is 5.08. The highest BCUT2D eigenvalue weighted by Crippen LogP contribution is 2.43. The Morgan fingerprint density at radius 3 is 1.90 bits per heavy atom. The van der Waals surface area contributed by atoms with E-state index in [0.717, 1.165) is 10.9 Å². The van der Waals surface area contributed by atoms with Gasteiger partial charge in [0.1, 0.15) is 42.9 Å². The average molecular weight is 1060 g/mol. The van der Waals surface area contributed by atoms with Gasteiger partial charge in [-0.3, -0.25) is 43.2 Å². The number of amides is 9. The number of carboxylic acids is 1. The fourth-order valence-corrected chi connectivity index (χ4v) is 11.2. The first-order valence-electron chi connectivity index (χ1n) is 23.0. The lowest BCUT2D eigenvalue weighted by atomic mass is 10.0. The summed E-state index contributed by atoms with van der Waals surface area (Å²) in [7, 11) is 4.19. The van der Waals surface area contributed by atoms with E-state index in [2.05, 4.69) is 47.5 Å². The van der Waals surface area contributed by atoms with Crippen LogP contribution in [0.15, 0.2) is 60.8 Å². The van der Waals surface area contributed by atoms with Crippen molar-refractivity contribution >= 4 is 102 Å². The van der Waals surface area contributed by atoms with Gasteiger partial charge in [0, 0.05) is 40.4 Å². The average Bonchev–Trinajstić information content (AvgIpc) is 3.73. The van der Waals surface area contributed by atoms with E-state index in [0.29, 0.717) is 11.1 Å². The number of carboxylic acid groups (broad SMARTS) is 1. The molecule has 12 N–H and O–H groups in total. The highest BCUT2D eigenvalue weighted by Gasteiger charge is 2.32. The molecule has 3 aromatic rings. The van der Waals surface area contributed by atoms with Crippen molar-refractivity contribution in [2.45, 2.75) is 122 Å². The van der Waals surface area contributed by atoms with E-state index >= 15 is 0 Å². The molecule has 0 bridgehead atoms. The van der Waals surface area contributed by atoms with E-state index in [-0.39, 0.29) is 48.7 Å². The molecular formula is C47H66N10O12S3. The summed E-state index contributed by atoms with van der Waals surface area (Å²) in [5.41, 5.74) is 7.37. The molecule has 0 aliphatic carbocycles. The van der Waals surface area contributed by atoms with Gasteiger partial charge in [-0.2, -0.15) is 0 Å². The first-order valence-corrected chi connectivity index (χ1v) is 26.6. The van der Waals surface area contributed by atoms with Crippen LogP contribution in [0, 0.1) is 5.92 Å². The van der Waals surface area contributed by atoms with Gasteiger partial charge in [-0.15, -0.1) is 0 Å². The standard InChI is InChI=1S/C47H66N10O12S3/c1-26(2)19-34(54-39(60)23-50-41(62)33(17-18-37(48)58)57-46(68)69-24-29-13-9-8-10-14-29)44(65)55-35(20-30-21-49-32-16-12-11-15-31(30)32)43(64)53-27(3)40(61)56-36(25-70-72-71-47(5,6)7)42(63)51-22-38(59)52-28(4)45(66)67/h8-16,21,26-28,33-36,49H,17-20,22-25H2,1-7H3,(H2,48,58)(H,50,62)(H,51,63)(H,52,59)(H,53,64)(H,54,60)(H,55,65)(H,56,61)(H,57,68)(H,66,67)/t27-,28-,33-,34-,35-,36-/m0/s1. The quantitative estimate of drug-likeness (QED) is 0.0350. The lowest BCUT2D eigenvalue weighted by molar-refractivity contribution is -0.141. The van der Waals surface area contributed by atoms with E-state index in [1.165, 1.54) is 45.3 Å². The third-order valence-corrected chi connectivity index (χ3v) is 15.2. The highest BCUT2D eigenvalue weighted by molar-refractivity contribution is 9.09. The van der Waals surface area contributed by atoms with Gasteiger partial charge in [-0.05, 0) is 59.6 Å². The molecule has 3 rings (SSSR count). The molecule has 0 saturated heterocycles. The number of nitrogens with one attached hydrogen (secondary N) is 9. The first kappa shape index (κ1) is 59.8. The SMILES string of the molecule is CC(C)C[C@H](NC(=O)CNC(=O)[C@H](CCC(N)=O)NC(=O)OCc1ccccc1)C(=O)N[C@@H](Cc1c[nH]c2ccccc12)C(=O)N[C@@H](C)C(=O)N[C@@H](CSSSC(C)(C)C)C(=O)NCC(=O)N[C@@H](C)C(=O)O. The van der Waals surface area contributed by atoms with Crippen molar-refractivity contribution in [3.8, 4) is 0 Å². The molecule has 1 aromatic heterocycles. The normalized spacial score (nSPS) is 13.7. The van der Waals surface area contributed by atoms with Crippen molar-refractivity contribution in [1.29, 1.82) is 0 Å². The van der Waals surface area contributed by atoms with Gasteiger partial charge in [-0.25, -0.2) is 4.79 Å². The molecule has 0 radical (unpaired) electrons. The van der Waals surface area contributed by atoms with Crippen molar-refractivity contribution in [3.63, 3.8) is 0 Å². The fraction of sp³-hybridized carbons (Fsp3) is 0.489. The minimum atomic E-state index is -1.33. The summed E-state index contributed by atoms with van der Waals surface area (Å²) in [6.07, 6.45) is 0.263. The van der Waals surface area contributed by atoms with Crippen molar-refractivity contribution in [2.75, 3.05) is 18.8 Å². The Kier molecular flexibility index (Phi) is 24.7. The van der Waals surface area contributed by atoms with Crippen LogP contribution in [-0.2, 0) is 60.9 Å². The zero-order chi connectivity index (χ0) is 53.5. The topological polar surface area (TPSA) is 338 Å². The van der Waals surface area contributed by atoms with E-state index < -0.39 is 109 Å². The van der Waals surface area contributed by atoms with Crippen LogP contribution in [0.2, 0.25) is 0 Å². The number of rotatable bonds is 29. The highest BCUT2D eigenvalue weighted by atomic mass is 33.5. The third-order valence-electron chi connectivity index (χ3n) is 10.1. The Labute approximate surface area is 429 Å². The number of aromatic nitrogens is 1. The number of carbonyl (C=O) groups is 10. The second-order valence-electron chi connectivity index (χ2n) is 18.0. The molecule has 6 atom stereocenters. The molecule has 0 saturated carbocycles. The Hall–Kier alpha value is -6.47. The maximum atomic E-state index is 14.2. The lowest BCUT2D eigenvalue weighted by Crippen LogP contribution is -2.59. The summed E-state index contributed by atoms with van der Waals surface area (Å²) in [5.74, 6) is -7.59. The third kappa shape index (κ3) is 22.3. The van der Waals surface area contributed by atoms with Gasteiger partial charge in [0.25, 0.3) is 0 Å². The number of carbonyl (C=O) groups excluding carboxylic acids is 9. The largest absolute Gasteiger partial charge is 0.480 e. The molecule has 9 amide bonds. The second-order valence-corrected chi connectivity index (χ2v) is 23.0. The first-order chi connectivity index (χ1) is 33.9. The molecule has 0 fully saturated rings. The minimum Gasteiger partial charge on any atom is -0.480 e. The summed E-state index contributed by atoms with van der Waals surface area (Å²) in [6, 6.07) is 8.46. The van der Waals surface area contributed by atoms with Crippen molar-refractivity contribution in [3.05, 3.63) is 71.9 Å². The van der Waals surface area contributed by atoms with Crippen LogP contribution >= 0.6 is 31.4 Å². The molecule has 1 heterocycles. The smallest absolute Gasteiger partial charge is 0.408 e. The molecule has 0 aliphatic rings. The number of fused-ring (bicyclic) bond motifs is 1. The zero-order valence-corrected chi connectivity index (χ0v) is 43.7. The Morgan fingerprint density at radius 1 is 0.681 bits per heavy atom. The Balaban J connectivity index is 1.76. The van der Waals surface area contributed by atoms with Gasteiger partial charge < -0.3 is 63.1 Å². The molecule has 0 aliphatic heterocycles. The Morgan fingerprint density at radius 2 is 1.28 bits per heavy atom. The molecule has 25 heteroatoms. The van der Waals surface area contributed by atoms with E-state index in [1.807, 2.05) is 39.0 Å². The van der Waals surface area contributed by atoms with Crippen molar-refractivity contribution in [1.82, 2.24) is 47.5 Å². The van der Waals surface area contributed by atoms with Crippen LogP contribution in [0.25, 0.3) is 10.9 Å². The predicted octanol–water partition coefficient (Wildman–Crippen LogP) is 1.93. The van der Waals surface area contributed by atoms with Crippen LogP contribution in [0.5, 0.6) is 0 Å². The van der Waals surface area contributed by atoms with Crippen molar-refractivity contribution < 1.29 is 57.8 Å². The van der Waals surface area contributed by atoms with Gasteiger partial charge in [0.05, 0.1) is 13.1 Å². The van der Waals surface area contributed by atoms with Gasteiger partial charge in [0.15, 0.2) is 0 Å². The fourth-order valence-electron chi connectivity index (χ4n) is 6.43.